The highest BCUT2D eigenvalue weighted by Gasteiger charge is 2.42. The Morgan fingerprint density at radius 1 is 0.537 bits per heavy atom. The predicted octanol–water partition coefficient (Wildman–Crippen LogP) is -3.71. The van der Waals surface area contributed by atoms with Crippen LogP contribution in [0.5, 0.6) is 0 Å². The Morgan fingerprint density at radius 3 is 1.51 bits per heavy atom. The Kier molecular flexibility index (Phi) is 33.9. The number of primary amides is 3. The topological polar surface area (TPSA) is 519 Å². The summed E-state index contributed by atoms with van der Waals surface area (Å²) < 4.78 is 0. The number of amides is 13. The number of nitrogens with two attached hydrogens (primary N) is 7. The molecule has 0 aliphatic carbocycles. The molecule has 2 aliphatic rings. The van der Waals surface area contributed by atoms with Gasteiger partial charge in [-0.25, -0.2) is 0 Å². The first-order valence-electron chi connectivity index (χ1n) is 32.2. The molecular formula is C63H98N18O13S. The van der Waals surface area contributed by atoms with E-state index in [1.165, 1.54) is 21.6 Å². The number of guanidine groups is 1. The van der Waals surface area contributed by atoms with Gasteiger partial charge in [0.15, 0.2) is 5.96 Å². The minimum Gasteiger partial charge on any atom is -0.370 e. The zero-order valence-electron chi connectivity index (χ0n) is 54.5. The lowest BCUT2D eigenvalue weighted by atomic mass is 10.0. The van der Waals surface area contributed by atoms with Crippen molar-refractivity contribution in [2.75, 3.05) is 44.7 Å². The Balaban J connectivity index is 1.56. The van der Waals surface area contributed by atoms with E-state index in [0.29, 0.717) is 55.4 Å². The molecule has 2 saturated heterocycles. The summed E-state index contributed by atoms with van der Waals surface area (Å²) in [7, 11) is 0. The van der Waals surface area contributed by atoms with Gasteiger partial charge in [-0.2, -0.15) is 11.8 Å². The average Bonchev–Trinajstić information content (AvgIpc) is 1.74. The molecule has 13 amide bonds. The zero-order chi connectivity index (χ0) is 70.1. The van der Waals surface area contributed by atoms with Crippen LogP contribution in [0.4, 0.5) is 0 Å². The summed E-state index contributed by atoms with van der Waals surface area (Å²) >= 11 is 1.45. The van der Waals surface area contributed by atoms with Crippen LogP contribution in [0, 0.1) is 5.92 Å². The lowest BCUT2D eigenvalue weighted by Crippen LogP contribution is -2.60. The number of carbonyl (C=O) groups is 13. The number of hydrogen-bond acceptors (Lipinski definition) is 17. The maximum absolute atomic E-state index is 14.7. The molecule has 0 spiro atoms. The van der Waals surface area contributed by atoms with Crippen molar-refractivity contribution < 1.29 is 62.3 Å². The Morgan fingerprint density at radius 2 is 1.01 bits per heavy atom. The van der Waals surface area contributed by atoms with Crippen molar-refractivity contribution in [3.63, 3.8) is 0 Å². The van der Waals surface area contributed by atoms with E-state index in [1.54, 1.807) is 60.7 Å². The van der Waals surface area contributed by atoms with E-state index < -0.39 is 169 Å². The van der Waals surface area contributed by atoms with Crippen LogP contribution in [0.25, 0.3) is 0 Å². The van der Waals surface area contributed by atoms with E-state index in [2.05, 4.69) is 47.5 Å². The molecular weight excluding hydrogens is 1250 g/mol. The highest BCUT2D eigenvalue weighted by Crippen LogP contribution is 2.24. The molecule has 22 N–H and O–H groups in total. The second-order valence-electron chi connectivity index (χ2n) is 24.1. The summed E-state index contributed by atoms with van der Waals surface area (Å²) in [6.07, 6.45) is 3.12. The van der Waals surface area contributed by atoms with Crippen molar-refractivity contribution >= 4 is 94.5 Å². The van der Waals surface area contributed by atoms with Crippen molar-refractivity contribution in [2.45, 2.75) is 183 Å². The van der Waals surface area contributed by atoms with E-state index in [0.717, 1.165) is 0 Å². The van der Waals surface area contributed by atoms with Crippen LogP contribution in [0.15, 0.2) is 65.7 Å². The first-order chi connectivity index (χ1) is 45.2. The van der Waals surface area contributed by atoms with Gasteiger partial charge in [0.1, 0.15) is 54.4 Å². The molecule has 2 heterocycles. The van der Waals surface area contributed by atoms with E-state index in [-0.39, 0.29) is 83.0 Å². The third-order valence-electron chi connectivity index (χ3n) is 16.0. The molecule has 524 valence electrons. The number of hydrogen-bond donors (Lipinski definition) is 15. The van der Waals surface area contributed by atoms with Gasteiger partial charge in [-0.3, -0.25) is 67.3 Å². The van der Waals surface area contributed by atoms with Gasteiger partial charge in [0.2, 0.25) is 76.8 Å². The fourth-order valence-corrected chi connectivity index (χ4v) is 11.5. The monoisotopic (exact) mass is 1350 g/mol. The van der Waals surface area contributed by atoms with Crippen molar-refractivity contribution in [1.29, 1.82) is 0 Å². The summed E-state index contributed by atoms with van der Waals surface area (Å²) in [4.78, 5) is 185. The molecule has 10 atom stereocenters. The fourth-order valence-electron chi connectivity index (χ4n) is 11.0. The van der Waals surface area contributed by atoms with E-state index in [1.807, 2.05) is 20.1 Å². The Bertz CT molecular complexity index is 2960. The summed E-state index contributed by atoms with van der Waals surface area (Å²) in [5, 5.41) is 21.1. The number of nitrogens with zero attached hydrogens (tertiary/aromatic N) is 3. The molecule has 0 aromatic heterocycles. The van der Waals surface area contributed by atoms with Crippen LogP contribution in [-0.4, -0.2) is 198 Å². The van der Waals surface area contributed by atoms with Crippen LogP contribution in [-0.2, 0) is 75.2 Å². The third-order valence-corrected chi connectivity index (χ3v) is 16.7. The van der Waals surface area contributed by atoms with Gasteiger partial charge in [-0.05, 0) is 119 Å². The third kappa shape index (κ3) is 27.5. The summed E-state index contributed by atoms with van der Waals surface area (Å²) in [5.41, 5.74) is 40.6. The van der Waals surface area contributed by atoms with E-state index in [4.69, 9.17) is 40.1 Å². The molecule has 2 aromatic rings. The number of thioether (sulfide) groups is 1. The Hall–Kier alpha value is -8.91. The normalized spacial score (nSPS) is 16.8. The first-order valence-corrected chi connectivity index (χ1v) is 33.6. The molecule has 4 rings (SSSR count). The molecule has 0 radical (unpaired) electrons. The highest BCUT2D eigenvalue weighted by atomic mass is 32.2. The molecule has 2 aromatic carbocycles. The maximum Gasteiger partial charge on any atom is 0.245 e. The standard InChI is InChI=1S/C63H98N18O13S/c1-37(2)33-45(57(89)74-41(53(68)85)27-32-95-3)73-52(84)36-72-54(86)46(34-38-15-6-4-7-16-38)78-58(90)47(35-39-17-8-5-9-18-39)79-56(88)42(23-25-50(66)82)75-55(87)43(24-26-51(67)83)76-59(91)49-22-14-31-81(49)62(94)44(20-10-11-28-64)77-60(92)48-21-13-30-80(48)61(93)40(65)19-12-29-71-63(69)70/h4-9,15-18,37,40-49H,10-14,19-36,64-65H2,1-3H3,(H2,66,82)(H2,67,83)(H2,68,85)(H,72,86)(H,73,84)(H,74,89)(H,75,87)(H,76,91)(H,77,92)(H,78,90)(H,79,88)(H4,69,70,71)/t40-,41+,42+,43-,44-,45+,46-,47+,48-,49+/m1/s1. The lowest BCUT2D eigenvalue weighted by molar-refractivity contribution is -0.144. The van der Waals surface area contributed by atoms with Crippen LogP contribution in [0.1, 0.15) is 121 Å². The van der Waals surface area contributed by atoms with E-state index in [9.17, 15) is 62.3 Å². The number of likely N-dealkylation sites (tertiary alicyclic amines) is 2. The van der Waals surface area contributed by atoms with Crippen LogP contribution >= 0.6 is 11.8 Å². The van der Waals surface area contributed by atoms with Crippen molar-refractivity contribution in [2.24, 2.45) is 51.0 Å². The molecule has 0 unspecified atom stereocenters. The average molecular weight is 1350 g/mol. The van der Waals surface area contributed by atoms with Crippen molar-refractivity contribution in [3.05, 3.63) is 71.8 Å². The van der Waals surface area contributed by atoms with Gasteiger partial charge >= 0.3 is 0 Å². The van der Waals surface area contributed by atoms with Gasteiger partial charge in [-0.1, -0.05) is 74.5 Å². The maximum atomic E-state index is 14.7. The fraction of sp³-hybridized carbons (Fsp3) is 0.587. The number of unbranched alkanes of at least 4 members (excludes halogenated alkanes) is 1. The molecule has 95 heavy (non-hydrogen) atoms. The molecule has 2 fully saturated rings. The summed E-state index contributed by atoms with van der Waals surface area (Å²) in [6.45, 7) is 3.86. The van der Waals surface area contributed by atoms with E-state index >= 15 is 0 Å². The first kappa shape index (κ1) is 78.5. The molecule has 32 heteroatoms. The Labute approximate surface area is 558 Å². The minimum absolute atomic E-state index is 0.0736. The number of benzene rings is 2. The number of aliphatic imine (C=N–C) groups is 1. The summed E-state index contributed by atoms with van der Waals surface area (Å²) in [6, 6.07) is 4.51. The quantitative estimate of drug-likeness (QED) is 0.0173. The number of nitrogens with one attached hydrogen (secondary N) is 8. The second-order valence-corrected chi connectivity index (χ2v) is 25.1. The van der Waals surface area contributed by atoms with Crippen molar-refractivity contribution in [3.8, 4) is 0 Å². The van der Waals surface area contributed by atoms with Crippen LogP contribution in [0.3, 0.4) is 0 Å². The SMILES string of the molecule is CSCC[C@H](NC(=O)[C@H](CC(C)C)NC(=O)CNC(=O)[C@@H](Cc1ccccc1)NC(=O)[C@H](Cc1ccccc1)NC(=O)[C@H](CCC(N)=O)NC(=O)[C@@H](CCC(N)=O)NC(=O)[C@@H]1CCCN1C(=O)[C@@H](CCCCN)NC(=O)[C@H]1CCCN1C(=O)[C@H](N)CCCN=C(N)N)C(N)=O. The molecule has 0 saturated carbocycles. The van der Waals surface area contributed by atoms with Crippen LogP contribution in [0.2, 0.25) is 0 Å². The van der Waals surface area contributed by atoms with Crippen LogP contribution < -0.4 is 82.7 Å². The predicted molar refractivity (Wildman–Crippen MR) is 356 cm³/mol. The smallest absolute Gasteiger partial charge is 0.245 e. The van der Waals surface area contributed by atoms with Gasteiger partial charge in [0, 0.05) is 45.3 Å². The lowest BCUT2D eigenvalue weighted by Gasteiger charge is -2.32. The highest BCUT2D eigenvalue weighted by molar-refractivity contribution is 7.98. The molecule has 2 aliphatic heterocycles. The minimum atomic E-state index is -1.64. The second kappa shape index (κ2) is 41.0. The van der Waals surface area contributed by atoms with Gasteiger partial charge in [0.05, 0.1) is 12.6 Å². The zero-order valence-corrected chi connectivity index (χ0v) is 55.3. The molecule has 31 nitrogen and oxygen atoms in total. The van der Waals surface area contributed by atoms with Crippen molar-refractivity contribution in [1.82, 2.24) is 52.3 Å². The van der Waals surface area contributed by atoms with Gasteiger partial charge in [0.25, 0.3) is 0 Å². The number of rotatable bonds is 42. The molecule has 0 bridgehead atoms. The largest absolute Gasteiger partial charge is 0.370 e. The number of carbonyl (C=O) groups excluding carboxylic acids is 13. The van der Waals surface area contributed by atoms with Gasteiger partial charge < -0.3 is 92.5 Å². The van der Waals surface area contributed by atoms with Gasteiger partial charge in [-0.15, -0.1) is 0 Å². The summed E-state index contributed by atoms with van der Waals surface area (Å²) in [5.74, 6) is -9.80.